The van der Waals surface area contributed by atoms with Gasteiger partial charge in [0.2, 0.25) is 0 Å². The van der Waals surface area contributed by atoms with Gasteiger partial charge in [0.15, 0.2) is 0 Å². The van der Waals surface area contributed by atoms with Crippen LogP contribution in [-0.2, 0) is 6.42 Å². The minimum Gasteiger partial charge on any atom is -0.314 e. The summed E-state index contributed by atoms with van der Waals surface area (Å²) in [6.07, 6.45) is 4.91. The summed E-state index contributed by atoms with van der Waals surface area (Å²) in [5.41, 5.74) is 1.49. The Morgan fingerprint density at radius 3 is 2.68 bits per heavy atom. The second kappa shape index (κ2) is 7.30. The quantitative estimate of drug-likeness (QED) is 0.765. The molecule has 0 bridgehead atoms. The maximum Gasteiger partial charge on any atom is 0.00388 e. The van der Waals surface area contributed by atoms with E-state index in [9.17, 15) is 0 Å². The van der Waals surface area contributed by atoms with E-state index in [0.717, 1.165) is 6.54 Å². The summed E-state index contributed by atoms with van der Waals surface area (Å²) in [5, 5.41) is 6.33. The van der Waals surface area contributed by atoms with E-state index in [1.54, 1.807) is 0 Å². The number of nitrogens with one attached hydrogen (secondary N) is 1. The summed E-state index contributed by atoms with van der Waals surface area (Å²) >= 11 is 0. The van der Waals surface area contributed by atoms with E-state index in [-0.39, 0.29) is 0 Å². The minimum absolute atomic E-state index is 0.634. The molecule has 19 heavy (non-hydrogen) atoms. The predicted octanol–water partition coefficient (Wildman–Crippen LogP) is 4.55. The van der Waals surface area contributed by atoms with E-state index in [1.807, 2.05) is 0 Å². The summed E-state index contributed by atoms with van der Waals surface area (Å²) in [4.78, 5) is 0. The molecule has 2 rings (SSSR count). The third kappa shape index (κ3) is 4.07. The molecule has 1 unspecified atom stereocenters. The Hall–Kier alpha value is -1.34. The van der Waals surface area contributed by atoms with Crippen LogP contribution in [0.3, 0.4) is 0 Å². The molecule has 0 amide bonds. The molecule has 0 aliphatic carbocycles. The van der Waals surface area contributed by atoms with Crippen molar-refractivity contribution in [3.63, 3.8) is 0 Å². The van der Waals surface area contributed by atoms with Gasteiger partial charge in [-0.25, -0.2) is 0 Å². The Balaban J connectivity index is 1.91. The average molecular weight is 255 g/mol. The molecule has 0 aromatic heterocycles. The Bertz CT molecular complexity index is 499. The van der Waals surface area contributed by atoms with Gasteiger partial charge in [0.05, 0.1) is 0 Å². The maximum absolute atomic E-state index is 3.56. The molecule has 1 N–H and O–H groups in total. The van der Waals surface area contributed by atoms with Gasteiger partial charge in [-0.1, -0.05) is 49.4 Å². The Morgan fingerprint density at radius 2 is 1.84 bits per heavy atom. The standard InChI is InChI=1S/C18H25N/c1-3-14-19-15(2)8-6-10-17-12-7-11-16-9-4-5-13-18(16)17/h4-5,7,9,11-13,15,19H,3,6,8,10,14H2,1-2H3. The van der Waals surface area contributed by atoms with Gasteiger partial charge in [-0.2, -0.15) is 0 Å². The van der Waals surface area contributed by atoms with Crippen molar-refractivity contribution in [2.24, 2.45) is 0 Å². The third-order valence-electron chi connectivity index (χ3n) is 3.71. The smallest absolute Gasteiger partial charge is 0.00388 e. The topological polar surface area (TPSA) is 12.0 Å². The average Bonchev–Trinajstić information content (AvgIpc) is 2.45. The molecule has 1 nitrogen and oxygen atoms in total. The summed E-state index contributed by atoms with van der Waals surface area (Å²) < 4.78 is 0. The normalized spacial score (nSPS) is 12.7. The van der Waals surface area contributed by atoms with Crippen molar-refractivity contribution < 1.29 is 0 Å². The monoisotopic (exact) mass is 255 g/mol. The molecule has 0 aliphatic rings. The van der Waals surface area contributed by atoms with Crippen molar-refractivity contribution in [2.45, 2.75) is 45.6 Å². The highest BCUT2D eigenvalue weighted by Crippen LogP contribution is 2.20. The first-order valence-electron chi connectivity index (χ1n) is 7.51. The highest BCUT2D eigenvalue weighted by molar-refractivity contribution is 5.85. The molecule has 1 atom stereocenters. The second-order valence-corrected chi connectivity index (χ2v) is 5.39. The third-order valence-corrected chi connectivity index (χ3v) is 3.71. The molecular weight excluding hydrogens is 230 g/mol. The van der Waals surface area contributed by atoms with Crippen LogP contribution in [0.15, 0.2) is 42.5 Å². The first-order chi connectivity index (χ1) is 9.31. The van der Waals surface area contributed by atoms with Crippen LogP contribution in [0.1, 0.15) is 38.7 Å². The van der Waals surface area contributed by atoms with E-state index < -0.39 is 0 Å². The maximum atomic E-state index is 3.56. The van der Waals surface area contributed by atoms with Crippen molar-refractivity contribution in [1.82, 2.24) is 5.32 Å². The van der Waals surface area contributed by atoms with Crippen LogP contribution in [0.4, 0.5) is 0 Å². The zero-order valence-electron chi connectivity index (χ0n) is 12.2. The Kier molecular flexibility index (Phi) is 5.41. The highest BCUT2D eigenvalue weighted by Gasteiger charge is 2.03. The molecule has 0 saturated carbocycles. The lowest BCUT2D eigenvalue weighted by molar-refractivity contribution is 0.498. The van der Waals surface area contributed by atoms with Crippen LogP contribution in [-0.4, -0.2) is 12.6 Å². The molecule has 1 heteroatoms. The number of benzene rings is 2. The molecule has 102 valence electrons. The molecular formula is C18H25N. The zero-order valence-corrected chi connectivity index (χ0v) is 12.2. The van der Waals surface area contributed by atoms with Crippen LogP contribution in [0.2, 0.25) is 0 Å². The fraction of sp³-hybridized carbons (Fsp3) is 0.444. The summed E-state index contributed by atoms with van der Waals surface area (Å²) in [6.45, 7) is 5.64. The van der Waals surface area contributed by atoms with Gasteiger partial charge in [0, 0.05) is 6.04 Å². The molecule has 0 radical (unpaired) electrons. The number of aryl methyl sites for hydroxylation is 1. The molecule has 0 fully saturated rings. The summed E-state index contributed by atoms with van der Waals surface area (Å²) in [7, 11) is 0. The van der Waals surface area contributed by atoms with Crippen LogP contribution in [0, 0.1) is 0 Å². The number of rotatable bonds is 7. The van der Waals surface area contributed by atoms with Crippen LogP contribution in [0.5, 0.6) is 0 Å². The van der Waals surface area contributed by atoms with E-state index in [1.165, 1.54) is 42.0 Å². The van der Waals surface area contributed by atoms with Gasteiger partial charge in [-0.3, -0.25) is 0 Å². The van der Waals surface area contributed by atoms with Crippen molar-refractivity contribution in [3.05, 3.63) is 48.0 Å². The molecule has 0 heterocycles. The van der Waals surface area contributed by atoms with Gasteiger partial charge in [-0.15, -0.1) is 0 Å². The van der Waals surface area contributed by atoms with Gasteiger partial charge in [-0.05, 0) is 55.5 Å². The minimum atomic E-state index is 0.634. The van der Waals surface area contributed by atoms with Gasteiger partial charge in [0.1, 0.15) is 0 Å². The Morgan fingerprint density at radius 1 is 1.05 bits per heavy atom. The lowest BCUT2D eigenvalue weighted by Crippen LogP contribution is -2.26. The number of fused-ring (bicyclic) bond motifs is 1. The molecule has 0 spiro atoms. The van der Waals surface area contributed by atoms with E-state index in [4.69, 9.17) is 0 Å². The fourth-order valence-electron chi connectivity index (χ4n) is 2.60. The predicted molar refractivity (Wildman–Crippen MR) is 84.6 cm³/mol. The molecule has 0 saturated heterocycles. The largest absolute Gasteiger partial charge is 0.314 e. The SMILES string of the molecule is CCCNC(C)CCCc1cccc2ccccc12. The van der Waals surface area contributed by atoms with E-state index in [2.05, 4.69) is 61.6 Å². The van der Waals surface area contributed by atoms with Crippen LogP contribution in [0.25, 0.3) is 10.8 Å². The van der Waals surface area contributed by atoms with Crippen molar-refractivity contribution in [2.75, 3.05) is 6.54 Å². The Labute approximate surface area is 117 Å². The highest BCUT2D eigenvalue weighted by atomic mass is 14.9. The first kappa shape index (κ1) is 14.1. The summed E-state index contributed by atoms with van der Waals surface area (Å²) in [5.74, 6) is 0. The van der Waals surface area contributed by atoms with Gasteiger partial charge in [0.25, 0.3) is 0 Å². The zero-order chi connectivity index (χ0) is 13.5. The molecule has 2 aromatic carbocycles. The first-order valence-corrected chi connectivity index (χ1v) is 7.51. The van der Waals surface area contributed by atoms with Crippen molar-refractivity contribution >= 4 is 10.8 Å². The lowest BCUT2D eigenvalue weighted by atomic mass is 9.99. The van der Waals surface area contributed by atoms with Crippen molar-refractivity contribution in [3.8, 4) is 0 Å². The van der Waals surface area contributed by atoms with Crippen LogP contribution >= 0.6 is 0 Å². The van der Waals surface area contributed by atoms with Gasteiger partial charge >= 0.3 is 0 Å². The van der Waals surface area contributed by atoms with E-state index in [0.29, 0.717) is 6.04 Å². The summed E-state index contributed by atoms with van der Waals surface area (Å²) in [6, 6.07) is 16.0. The number of hydrogen-bond donors (Lipinski definition) is 1. The lowest BCUT2D eigenvalue weighted by Gasteiger charge is -2.13. The molecule has 2 aromatic rings. The van der Waals surface area contributed by atoms with Crippen LogP contribution < -0.4 is 5.32 Å². The van der Waals surface area contributed by atoms with Gasteiger partial charge < -0.3 is 5.32 Å². The number of hydrogen-bond acceptors (Lipinski definition) is 1. The van der Waals surface area contributed by atoms with E-state index >= 15 is 0 Å². The fourth-order valence-corrected chi connectivity index (χ4v) is 2.60. The second-order valence-electron chi connectivity index (χ2n) is 5.39. The van der Waals surface area contributed by atoms with Crippen molar-refractivity contribution in [1.29, 1.82) is 0 Å². The molecule has 0 aliphatic heterocycles.